The number of fused-ring (bicyclic) bond motifs is 1. The van der Waals surface area contributed by atoms with E-state index in [4.69, 9.17) is 16.9 Å². The Morgan fingerprint density at radius 1 is 1.43 bits per heavy atom. The van der Waals surface area contributed by atoms with Crippen LogP contribution >= 0.6 is 11.6 Å². The van der Waals surface area contributed by atoms with Crippen LogP contribution in [0.1, 0.15) is 21.5 Å². The lowest BCUT2D eigenvalue weighted by Gasteiger charge is -2.05. The zero-order valence-electron chi connectivity index (χ0n) is 11.7. The van der Waals surface area contributed by atoms with E-state index >= 15 is 0 Å². The summed E-state index contributed by atoms with van der Waals surface area (Å²) in [5.74, 6) is -0.886. The second-order valence-corrected chi connectivity index (χ2v) is 5.25. The maximum Gasteiger partial charge on any atom is 0.253 e. The van der Waals surface area contributed by atoms with Gasteiger partial charge in [-0.1, -0.05) is 17.7 Å². The number of pyridine rings is 1. The number of nitrogens with one attached hydrogen (secondary N) is 2. The lowest BCUT2D eigenvalue weighted by Crippen LogP contribution is -2.22. The molecule has 5 nitrogen and oxygen atoms in total. The number of aromatic nitrogens is 2. The maximum atomic E-state index is 13.3. The van der Waals surface area contributed by atoms with Crippen molar-refractivity contribution in [1.29, 1.82) is 5.26 Å². The van der Waals surface area contributed by atoms with Crippen LogP contribution in [0.5, 0.6) is 0 Å². The van der Waals surface area contributed by atoms with Crippen LogP contribution in [-0.2, 0) is 6.54 Å². The van der Waals surface area contributed by atoms with E-state index in [1.54, 1.807) is 24.5 Å². The number of hydrogen-bond acceptors (Lipinski definition) is 3. The number of hydrogen-bond donors (Lipinski definition) is 2. The third-order valence-electron chi connectivity index (χ3n) is 3.38. The SMILES string of the molecule is N#Cc1cc(CNC(=O)c2c[nH]c3cnc(Cl)cc23)ccc1F. The molecule has 3 aromatic rings. The predicted octanol–water partition coefficient (Wildman–Crippen LogP) is 3.16. The molecule has 2 heterocycles. The summed E-state index contributed by atoms with van der Waals surface area (Å²) in [6.45, 7) is 0.180. The molecule has 0 unspecified atom stereocenters. The van der Waals surface area contributed by atoms with Gasteiger partial charge < -0.3 is 10.3 Å². The summed E-state index contributed by atoms with van der Waals surface area (Å²) >= 11 is 5.85. The van der Waals surface area contributed by atoms with Crippen LogP contribution in [0, 0.1) is 17.1 Å². The molecule has 0 bridgehead atoms. The summed E-state index contributed by atoms with van der Waals surface area (Å²) in [5, 5.41) is 12.5. The molecular formula is C16H10ClFN4O. The molecule has 0 aliphatic heterocycles. The summed E-state index contributed by atoms with van der Waals surface area (Å²) in [7, 11) is 0. The number of carbonyl (C=O) groups is 1. The Morgan fingerprint density at radius 2 is 2.26 bits per heavy atom. The van der Waals surface area contributed by atoms with E-state index in [1.165, 1.54) is 18.2 Å². The fourth-order valence-electron chi connectivity index (χ4n) is 2.23. The summed E-state index contributed by atoms with van der Waals surface area (Å²) in [6, 6.07) is 7.51. The number of benzene rings is 1. The molecule has 0 fully saturated rings. The number of nitriles is 1. The second kappa shape index (κ2) is 6.07. The Morgan fingerprint density at radius 3 is 3.04 bits per heavy atom. The quantitative estimate of drug-likeness (QED) is 0.725. The number of nitrogens with zero attached hydrogens (tertiary/aromatic N) is 2. The second-order valence-electron chi connectivity index (χ2n) is 4.86. The highest BCUT2D eigenvalue weighted by Gasteiger charge is 2.13. The van der Waals surface area contributed by atoms with Gasteiger partial charge in [-0.05, 0) is 23.8 Å². The topological polar surface area (TPSA) is 81.6 Å². The first-order valence-corrected chi connectivity index (χ1v) is 7.05. The van der Waals surface area contributed by atoms with Crippen molar-refractivity contribution >= 4 is 28.4 Å². The van der Waals surface area contributed by atoms with Crippen LogP contribution in [0.25, 0.3) is 10.9 Å². The Bertz CT molecular complexity index is 945. The number of halogens is 2. The van der Waals surface area contributed by atoms with Crippen LogP contribution in [0.4, 0.5) is 4.39 Å². The van der Waals surface area contributed by atoms with E-state index in [0.717, 1.165) is 0 Å². The van der Waals surface area contributed by atoms with Crippen molar-refractivity contribution in [3.8, 4) is 6.07 Å². The van der Waals surface area contributed by atoms with Crippen molar-refractivity contribution in [2.45, 2.75) is 6.54 Å². The minimum atomic E-state index is -0.582. The number of amides is 1. The molecule has 0 spiro atoms. The number of carbonyl (C=O) groups excluding carboxylic acids is 1. The Balaban J connectivity index is 1.79. The van der Waals surface area contributed by atoms with Crippen molar-refractivity contribution < 1.29 is 9.18 Å². The minimum Gasteiger partial charge on any atom is -0.359 e. The first-order chi connectivity index (χ1) is 11.1. The van der Waals surface area contributed by atoms with Gasteiger partial charge in [-0.2, -0.15) is 5.26 Å². The number of H-pyrrole nitrogens is 1. The Labute approximate surface area is 135 Å². The van der Waals surface area contributed by atoms with E-state index in [1.807, 2.05) is 0 Å². The zero-order valence-corrected chi connectivity index (χ0v) is 12.5. The summed E-state index contributed by atoms with van der Waals surface area (Å²) in [5.41, 5.74) is 1.72. The van der Waals surface area contributed by atoms with Crippen molar-refractivity contribution in [1.82, 2.24) is 15.3 Å². The fraction of sp³-hybridized carbons (Fsp3) is 0.0625. The molecular weight excluding hydrogens is 319 g/mol. The molecule has 1 amide bonds. The Kier molecular flexibility index (Phi) is 3.96. The molecule has 1 aromatic carbocycles. The molecule has 0 saturated carbocycles. The average molecular weight is 329 g/mol. The molecule has 0 aliphatic rings. The first-order valence-electron chi connectivity index (χ1n) is 6.68. The molecule has 0 aliphatic carbocycles. The lowest BCUT2D eigenvalue weighted by molar-refractivity contribution is 0.0952. The molecule has 114 valence electrons. The number of rotatable bonds is 3. The number of aromatic amines is 1. The van der Waals surface area contributed by atoms with Gasteiger partial charge in [-0.25, -0.2) is 9.37 Å². The highest BCUT2D eigenvalue weighted by molar-refractivity contribution is 6.30. The van der Waals surface area contributed by atoms with Crippen molar-refractivity contribution in [3.63, 3.8) is 0 Å². The lowest BCUT2D eigenvalue weighted by atomic mass is 10.1. The van der Waals surface area contributed by atoms with Gasteiger partial charge in [0.25, 0.3) is 5.91 Å². The Hall–Kier alpha value is -2.91. The molecule has 23 heavy (non-hydrogen) atoms. The first kappa shape index (κ1) is 15.0. The smallest absolute Gasteiger partial charge is 0.253 e. The van der Waals surface area contributed by atoms with Gasteiger partial charge in [-0.15, -0.1) is 0 Å². The van der Waals surface area contributed by atoms with Gasteiger partial charge in [0.05, 0.1) is 22.8 Å². The van der Waals surface area contributed by atoms with Gasteiger partial charge in [0.15, 0.2) is 0 Å². The standard InChI is InChI=1S/C16H10ClFN4O/c17-15-4-11-12(7-20-14(11)8-21-15)16(23)22-6-9-1-2-13(18)10(3-9)5-19/h1-4,7-8,20H,6H2,(H,22,23). The molecule has 3 rings (SSSR count). The van der Waals surface area contributed by atoms with Gasteiger partial charge in [0.1, 0.15) is 17.0 Å². The largest absolute Gasteiger partial charge is 0.359 e. The molecule has 0 radical (unpaired) electrons. The third-order valence-corrected chi connectivity index (χ3v) is 3.59. The highest BCUT2D eigenvalue weighted by Crippen LogP contribution is 2.20. The summed E-state index contributed by atoms with van der Waals surface area (Å²) < 4.78 is 13.3. The fourth-order valence-corrected chi connectivity index (χ4v) is 2.39. The molecule has 2 N–H and O–H groups in total. The molecule has 7 heteroatoms. The van der Waals surface area contributed by atoms with E-state index in [9.17, 15) is 9.18 Å². The highest BCUT2D eigenvalue weighted by atomic mass is 35.5. The van der Waals surface area contributed by atoms with Crippen LogP contribution in [0.2, 0.25) is 5.15 Å². The van der Waals surface area contributed by atoms with Gasteiger partial charge in [0, 0.05) is 18.1 Å². The summed E-state index contributed by atoms with van der Waals surface area (Å²) in [4.78, 5) is 19.2. The average Bonchev–Trinajstić information content (AvgIpc) is 2.96. The van der Waals surface area contributed by atoms with Crippen LogP contribution in [0.3, 0.4) is 0 Å². The van der Waals surface area contributed by atoms with Crippen molar-refractivity contribution in [2.24, 2.45) is 0 Å². The zero-order chi connectivity index (χ0) is 16.4. The summed E-state index contributed by atoms with van der Waals surface area (Å²) in [6.07, 6.45) is 3.12. The van der Waals surface area contributed by atoms with Crippen LogP contribution in [-0.4, -0.2) is 15.9 Å². The van der Waals surface area contributed by atoms with E-state index in [0.29, 0.717) is 27.2 Å². The van der Waals surface area contributed by atoms with E-state index in [2.05, 4.69) is 15.3 Å². The van der Waals surface area contributed by atoms with Gasteiger partial charge in [0.2, 0.25) is 0 Å². The van der Waals surface area contributed by atoms with Gasteiger partial charge >= 0.3 is 0 Å². The molecule has 0 atom stereocenters. The molecule has 0 saturated heterocycles. The third kappa shape index (κ3) is 3.00. The van der Waals surface area contributed by atoms with E-state index < -0.39 is 5.82 Å². The molecule has 2 aromatic heterocycles. The predicted molar refractivity (Wildman–Crippen MR) is 83.4 cm³/mol. The van der Waals surface area contributed by atoms with E-state index in [-0.39, 0.29) is 18.0 Å². The van der Waals surface area contributed by atoms with Crippen LogP contribution in [0.15, 0.2) is 36.7 Å². The minimum absolute atomic E-state index is 0.0540. The van der Waals surface area contributed by atoms with Crippen molar-refractivity contribution in [3.05, 3.63) is 64.3 Å². The monoisotopic (exact) mass is 328 g/mol. The van der Waals surface area contributed by atoms with Crippen LogP contribution < -0.4 is 5.32 Å². The van der Waals surface area contributed by atoms with Crippen molar-refractivity contribution in [2.75, 3.05) is 0 Å². The normalized spacial score (nSPS) is 10.5. The van der Waals surface area contributed by atoms with Gasteiger partial charge in [-0.3, -0.25) is 4.79 Å². The maximum absolute atomic E-state index is 13.3.